The normalized spacial score (nSPS) is 11.8. The predicted molar refractivity (Wildman–Crippen MR) is 121 cm³/mol. The molecule has 3 N–H and O–H groups in total. The summed E-state index contributed by atoms with van der Waals surface area (Å²) in [4.78, 5) is 20.5. The van der Waals surface area contributed by atoms with Gasteiger partial charge in [-0.25, -0.2) is 0 Å². The van der Waals surface area contributed by atoms with Crippen molar-refractivity contribution in [2.45, 2.75) is 52.0 Å². The van der Waals surface area contributed by atoms with E-state index in [-0.39, 0.29) is 18.0 Å². The number of carbonyl (C=O) groups excluding carboxylic acids is 1. The number of nitrogens with one attached hydrogen (secondary N) is 3. The molecule has 9 heteroatoms. The van der Waals surface area contributed by atoms with Crippen LogP contribution in [0.5, 0.6) is 5.75 Å². The Kier molecular flexibility index (Phi) is 9.30. The lowest BCUT2D eigenvalue weighted by Gasteiger charge is -2.21. The molecule has 0 saturated heterocycles. The smallest absolute Gasteiger partial charge is 0.239 e. The fourth-order valence-electron chi connectivity index (χ4n) is 2.85. The van der Waals surface area contributed by atoms with Crippen molar-refractivity contribution < 1.29 is 14.1 Å². The summed E-state index contributed by atoms with van der Waals surface area (Å²) in [7, 11) is 3.32. The summed E-state index contributed by atoms with van der Waals surface area (Å²) in [5, 5.41) is 13.2. The van der Waals surface area contributed by atoms with Crippen molar-refractivity contribution >= 4 is 11.9 Å². The number of aryl methyl sites for hydroxylation is 1. The van der Waals surface area contributed by atoms with Crippen molar-refractivity contribution in [3.05, 3.63) is 30.2 Å². The number of hydrogen-bond donors (Lipinski definition) is 3. The van der Waals surface area contributed by atoms with Gasteiger partial charge in [-0.1, -0.05) is 11.6 Å². The minimum atomic E-state index is -0.247. The van der Waals surface area contributed by atoms with Crippen LogP contribution in [-0.4, -0.2) is 54.8 Å². The molecule has 1 heterocycles. The zero-order chi connectivity index (χ0) is 22.7. The van der Waals surface area contributed by atoms with E-state index in [2.05, 4.69) is 31.1 Å². The molecule has 2 rings (SSSR count). The number of hydrogen-bond acceptors (Lipinski definition) is 6. The van der Waals surface area contributed by atoms with Crippen molar-refractivity contribution in [1.82, 2.24) is 26.1 Å². The van der Waals surface area contributed by atoms with Gasteiger partial charge in [-0.3, -0.25) is 9.79 Å². The molecule has 0 aliphatic carbocycles. The van der Waals surface area contributed by atoms with Crippen LogP contribution in [0.25, 0.3) is 11.4 Å². The molecule has 0 aliphatic rings. The van der Waals surface area contributed by atoms with E-state index in [1.54, 1.807) is 14.2 Å². The number of methoxy groups -OCH3 is 1. The summed E-state index contributed by atoms with van der Waals surface area (Å²) in [5.74, 6) is 2.57. The van der Waals surface area contributed by atoms with Gasteiger partial charge in [0.1, 0.15) is 5.75 Å². The van der Waals surface area contributed by atoms with Gasteiger partial charge >= 0.3 is 0 Å². The fourth-order valence-corrected chi connectivity index (χ4v) is 2.85. The van der Waals surface area contributed by atoms with Gasteiger partial charge in [-0.15, -0.1) is 0 Å². The highest BCUT2D eigenvalue weighted by Crippen LogP contribution is 2.20. The van der Waals surface area contributed by atoms with Crippen LogP contribution in [0.3, 0.4) is 0 Å². The molecule has 0 aliphatic heterocycles. The Morgan fingerprint density at radius 3 is 2.52 bits per heavy atom. The number of benzene rings is 1. The number of aliphatic imine (C=N–C) groups is 1. The number of unbranched alkanes of at least 4 members (excludes halogenated alkanes) is 2. The van der Waals surface area contributed by atoms with Crippen molar-refractivity contribution in [3.63, 3.8) is 0 Å². The zero-order valence-electron chi connectivity index (χ0n) is 19.1. The minimum absolute atomic E-state index is 0.0657. The molecule has 1 amide bonds. The summed E-state index contributed by atoms with van der Waals surface area (Å²) in [5.41, 5.74) is 0.652. The van der Waals surface area contributed by atoms with E-state index in [4.69, 9.17) is 9.26 Å². The second-order valence-corrected chi connectivity index (χ2v) is 8.20. The first-order valence-corrected chi connectivity index (χ1v) is 10.5. The van der Waals surface area contributed by atoms with Crippen LogP contribution < -0.4 is 20.7 Å². The van der Waals surface area contributed by atoms with E-state index in [1.165, 1.54) is 0 Å². The molecule has 0 atom stereocenters. The van der Waals surface area contributed by atoms with E-state index in [0.29, 0.717) is 17.7 Å². The molecular weight excluding hydrogens is 396 g/mol. The molecule has 0 unspecified atom stereocenters. The van der Waals surface area contributed by atoms with Gasteiger partial charge in [-0.05, 0) is 57.9 Å². The summed E-state index contributed by atoms with van der Waals surface area (Å²) in [6.07, 6.45) is 3.66. The fraction of sp³-hybridized carbons (Fsp3) is 0.545. The Hall–Kier alpha value is -3.10. The monoisotopic (exact) mass is 430 g/mol. The van der Waals surface area contributed by atoms with Crippen LogP contribution in [0.15, 0.2) is 33.8 Å². The third kappa shape index (κ3) is 9.06. The topological polar surface area (TPSA) is 114 Å². The van der Waals surface area contributed by atoms with E-state index in [0.717, 1.165) is 43.5 Å². The van der Waals surface area contributed by atoms with Crippen molar-refractivity contribution in [1.29, 1.82) is 0 Å². The van der Waals surface area contributed by atoms with Crippen molar-refractivity contribution in [2.24, 2.45) is 4.99 Å². The van der Waals surface area contributed by atoms with E-state index >= 15 is 0 Å². The van der Waals surface area contributed by atoms with Crippen molar-refractivity contribution in [3.8, 4) is 17.1 Å². The number of ether oxygens (including phenoxy) is 1. The van der Waals surface area contributed by atoms with Gasteiger partial charge in [-0.2, -0.15) is 4.98 Å². The standard InChI is InChI=1S/C22H34N6O3/c1-22(2,3)27-18(29)15-25-21(23-4)24-14-8-6-7-9-19-26-20(28-31-19)16-10-12-17(30-5)13-11-16/h10-13H,6-9,14-15H2,1-5H3,(H,27,29)(H2,23,24,25). The second kappa shape index (κ2) is 11.9. The molecule has 0 fully saturated rings. The summed E-state index contributed by atoms with van der Waals surface area (Å²) in [6, 6.07) is 7.57. The maximum atomic E-state index is 11.9. The first kappa shape index (κ1) is 24.2. The molecule has 31 heavy (non-hydrogen) atoms. The van der Waals surface area contributed by atoms with Gasteiger partial charge < -0.3 is 25.2 Å². The highest BCUT2D eigenvalue weighted by molar-refractivity contribution is 5.86. The van der Waals surface area contributed by atoms with E-state index in [9.17, 15) is 4.79 Å². The highest BCUT2D eigenvalue weighted by atomic mass is 16.5. The summed E-state index contributed by atoms with van der Waals surface area (Å²) < 4.78 is 10.5. The molecule has 2 aromatic rings. The molecule has 9 nitrogen and oxygen atoms in total. The molecule has 170 valence electrons. The second-order valence-electron chi connectivity index (χ2n) is 8.20. The zero-order valence-corrected chi connectivity index (χ0v) is 19.1. The van der Waals surface area contributed by atoms with Crippen LogP contribution in [0.2, 0.25) is 0 Å². The number of amides is 1. The first-order chi connectivity index (χ1) is 14.8. The van der Waals surface area contributed by atoms with Crippen LogP contribution >= 0.6 is 0 Å². The lowest BCUT2D eigenvalue weighted by atomic mass is 10.1. The van der Waals surface area contributed by atoms with Gasteiger partial charge in [0.15, 0.2) is 5.96 Å². The Bertz CT molecular complexity index is 840. The number of carbonyl (C=O) groups is 1. The number of rotatable bonds is 10. The third-order valence-electron chi connectivity index (χ3n) is 4.33. The Morgan fingerprint density at radius 1 is 1.13 bits per heavy atom. The minimum Gasteiger partial charge on any atom is -0.497 e. The third-order valence-corrected chi connectivity index (χ3v) is 4.33. The van der Waals surface area contributed by atoms with E-state index < -0.39 is 0 Å². The molecule has 0 radical (unpaired) electrons. The van der Waals surface area contributed by atoms with Crippen LogP contribution in [0.4, 0.5) is 0 Å². The number of aromatic nitrogens is 2. The first-order valence-electron chi connectivity index (χ1n) is 10.5. The maximum absolute atomic E-state index is 11.9. The van der Waals surface area contributed by atoms with Gasteiger partial charge in [0.2, 0.25) is 17.6 Å². The molecule has 1 aromatic carbocycles. The molecule has 0 bridgehead atoms. The van der Waals surface area contributed by atoms with Crippen LogP contribution in [0, 0.1) is 0 Å². The van der Waals surface area contributed by atoms with Gasteiger partial charge in [0, 0.05) is 31.1 Å². The van der Waals surface area contributed by atoms with Gasteiger partial charge in [0.25, 0.3) is 0 Å². The van der Waals surface area contributed by atoms with Crippen molar-refractivity contribution in [2.75, 3.05) is 27.2 Å². The molecular formula is C22H34N6O3. The van der Waals surface area contributed by atoms with E-state index in [1.807, 2.05) is 45.0 Å². The summed E-state index contributed by atoms with van der Waals surface area (Å²) >= 11 is 0. The quantitative estimate of drug-likeness (QED) is 0.301. The highest BCUT2D eigenvalue weighted by Gasteiger charge is 2.13. The van der Waals surface area contributed by atoms with Gasteiger partial charge in [0.05, 0.1) is 13.7 Å². The molecule has 1 aromatic heterocycles. The Balaban J connectivity index is 1.62. The largest absolute Gasteiger partial charge is 0.497 e. The Morgan fingerprint density at radius 2 is 1.87 bits per heavy atom. The molecule has 0 spiro atoms. The number of nitrogens with zero attached hydrogens (tertiary/aromatic N) is 3. The summed E-state index contributed by atoms with van der Waals surface area (Å²) in [6.45, 7) is 6.80. The maximum Gasteiger partial charge on any atom is 0.239 e. The SMILES string of the molecule is CN=C(NCCCCCc1nc(-c2ccc(OC)cc2)no1)NCC(=O)NC(C)(C)C. The number of guanidine groups is 1. The average molecular weight is 431 g/mol. The lowest BCUT2D eigenvalue weighted by Crippen LogP contribution is -2.48. The lowest BCUT2D eigenvalue weighted by molar-refractivity contribution is -0.121. The van der Waals surface area contributed by atoms with Crippen LogP contribution in [-0.2, 0) is 11.2 Å². The Labute approximate surface area is 184 Å². The molecule has 0 saturated carbocycles. The van der Waals surface area contributed by atoms with Crippen LogP contribution in [0.1, 0.15) is 45.9 Å². The predicted octanol–water partition coefficient (Wildman–Crippen LogP) is 2.54. The average Bonchev–Trinajstić information content (AvgIpc) is 3.20.